The van der Waals surface area contributed by atoms with Gasteiger partial charge in [0.15, 0.2) is 0 Å². The van der Waals surface area contributed by atoms with Gasteiger partial charge in [0.2, 0.25) is 0 Å². The Hall–Kier alpha value is -0.517. The van der Waals surface area contributed by atoms with Crippen molar-refractivity contribution in [2.75, 3.05) is 0 Å². The molecule has 0 radical (unpaired) electrons. The molecule has 0 bridgehead atoms. The number of unbranched alkanes of at least 4 members (excludes halogenated alkanes) is 22. The predicted octanol–water partition coefficient (Wildman–Crippen LogP) is 7.93. The second kappa shape index (κ2) is 39.5. The summed E-state index contributed by atoms with van der Waals surface area (Å²) in [5, 5.41) is 39.6. The number of aliphatic hydroxyl groups is 2. The van der Waals surface area contributed by atoms with E-state index in [1.54, 1.807) is 0 Å². The number of carboxylic acids is 2. The van der Waals surface area contributed by atoms with Crippen molar-refractivity contribution in [3.8, 4) is 0 Å². The van der Waals surface area contributed by atoms with E-state index in [1.807, 2.05) is 0 Å². The maximum atomic E-state index is 10.3. The largest absolute Gasteiger partial charge is 2.00 e. The number of carbonyl (C=O) groups excluding carboxylic acids is 2. The first kappa shape index (κ1) is 46.9. The summed E-state index contributed by atoms with van der Waals surface area (Å²) >= 11 is 0. The Morgan fingerprint density at radius 1 is 0.419 bits per heavy atom. The smallest absolute Gasteiger partial charge is 0.550 e. The van der Waals surface area contributed by atoms with Crippen LogP contribution in [-0.4, -0.2) is 34.4 Å². The average Bonchev–Trinajstić information content (AvgIpc) is 2.96. The first-order valence-corrected chi connectivity index (χ1v) is 18.1. The van der Waals surface area contributed by atoms with E-state index in [2.05, 4.69) is 13.8 Å². The maximum absolute atomic E-state index is 10.3. The van der Waals surface area contributed by atoms with Gasteiger partial charge in [-0.2, -0.15) is 0 Å². The van der Waals surface area contributed by atoms with Crippen LogP contribution in [0.3, 0.4) is 0 Å². The Morgan fingerprint density at radius 2 is 0.628 bits per heavy atom. The maximum Gasteiger partial charge on any atom is 2.00 e. The van der Waals surface area contributed by atoms with Crippen molar-refractivity contribution in [1.29, 1.82) is 0 Å². The van der Waals surface area contributed by atoms with Crippen LogP contribution in [0.25, 0.3) is 0 Å². The summed E-state index contributed by atoms with van der Waals surface area (Å²) < 4.78 is 0. The first-order valence-electron chi connectivity index (χ1n) is 18.1. The quantitative estimate of drug-likeness (QED) is 0.0557. The molecule has 7 heteroatoms. The molecule has 0 aromatic rings. The number of carboxylic acid groups (broad SMARTS) is 2. The van der Waals surface area contributed by atoms with Crippen LogP contribution < -0.4 is 10.2 Å². The van der Waals surface area contributed by atoms with Crippen LogP contribution in [-0.2, 0) is 29.1 Å². The summed E-state index contributed by atoms with van der Waals surface area (Å²) in [5.41, 5.74) is 0. The normalized spacial score (nSPS) is 12.2. The predicted molar refractivity (Wildman–Crippen MR) is 172 cm³/mol. The van der Waals surface area contributed by atoms with Crippen LogP contribution in [0.4, 0.5) is 0 Å². The standard InChI is InChI=1S/2C18H36O3.Zn/c2*1-2-3-4-5-6-7-8-9-10-11-12-13-14-17(19)15-16-18(20)21;/h2*17,19H,2-16H2,1H3,(H,20,21);/q;;+2/p-2. The second-order valence-corrected chi connectivity index (χ2v) is 12.5. The van der Waals surface area contributed by atoms with E-state index in [0.29, 0.717) is 12.8 Å². The van der Waals surface area contributed by atoms with Gasteiger partial charge in [-0.25, -0.2) is 0 Å². The van der Waals surface area contributed by atoms with E-state index in [-0.39, 0.29) is 32.3 Å². The van der Waals surface area contributed by atoms with Gasteiger partial charge in [0.1, 0.15) is 0 Å². The van der Waals surface area contributed by atoms with Crippen molar-refractivity contribution in [3.05, 3.63) is 0 Å². The summed E-state index contributed by atoms with van der Waals surface area (Å²) in [6, 6.07) is 0. The van der Waals surface area contributed by atoms with Gasteiger partial charge in [-0.05, 0) is 38.5 Å². The van der Waals surface area contributed by atoms with Crippen LogP contribution in [0.1, 0.15) is 206 Å². The number of carbonyl (C=O) groups is 2. The van der Waals surface area contributed by atoms with Gasteiger partial charge in [0, 0.05) is 11.9 Å². The topological polar surface area (TPSA) is 121 Å². The molecule has 0 saturated heterocycles. The molecule has 0 aromatic heterocycles. The minimum absolute atomic E-state index is 0. The van der Waals surface area contributed by atoms with E-state index in [1.165, 1.54) is 128 Å². The SMILES string of the molecule is CCCCCCCCCCCCCCC(O)CCC(=O)[O-].CCCCCCCCCCCCCCC(O)CCC(=O)[O-].[Zn+2]. The molecule has 6 nitrogen and oxygen atoms in total. The molecular weight excluding hydrogens is 594 g/mol. The summed E-state index contributed by atoms with van der Waals surface area (Å²) in [6.45, 7) is 4.50. The van der Waals surface area contributed by atoms with Crippen LogP contribution in [0.15, 0.2) is 0 Å². The zero-order chi connectivity index (χ0) is 31.5. The third kappa shape index (κ3) is 46.0. The molecule has 252 valence electrons. The van der Waals surface area contributed by atoms with Gasteiger partial charge in [0.05, 0.1) is 12.2 Å². The van der Waals surface area contributed by atoms with Crippen LogP contribution in [0.2, 0.25) is 0 Å². The Bertz CT molecular complexity index is 512. The summed E-state index contributed by atoms with van der Waals surface area (Å²) in [6.07, 6.45) is 32.5. The second-order valence-electron chi connectivity index (χ2n) is 12.5. The molecular formula is C36H70O6Zn. The third-order valence-corrected chi connectivity index (χ3v) is 8.15. The van der Waals surface area contributed by atoms with E-state index in [0.717, 1.165) is 38.5 Å². The third-order valence-electron chi connectivity index (χ3n) is 8.15. The fraction of sp³-hybridized carbons (Fsp3) is 0.944. The fourth-order valence-corrected chi connectivity index (χ4v) is 5.30. The summed E-state index contributed by atoms with van der Waals surface area (Å²) in [4.78, 5) is 20.5. The number of aliphatic carboxylic acids is 2. The van der Waals surface area contributed by atoms with E-state index >= 15 is 0 Å². The molecule has 0 heterocycles. The van der Waals surface area contributed by atoms with Crippen molar-refractivity contribution in [3.63, 3.8) is 0 Å². The molecule has 0 aliphatic heterocycles. The molecule has 0 saturated carbocycles. The van der Waals surface area contributed by atoms with Crippen LogP contribution >= 0.6 is 0 Å². The molecule has 0 fully saturated rings. The molecule has 2 unspecified atom stereocenters. The van der Waals surface area contributed by atoms with Crippen LogP contribution in [0.5, 0.6) is 0 Å². The van der Waals surface area contributed by atoms with Crippen LogP contribution in [0, 0.1) is 0 Å². The molecule has 0 rings (SSSR count). The van der Waals surface area contributed by atoms with Crippen molar-refractivity contribution >= 4 is 11.9 Å². The minimum Gasteiger partial charge on any atom is -0.550 e. The number of hydrogen-bond donors (Lipinski definition) is 2. The summed E-state index contributed by atoms with van der Waals surface area (Å²) in [7, 11) is 0. The Balaban J connectivity index is -0.000000727. The van der Waals surface area contributed by atoms with Gasteiger partial charge < -0.3 is 30.0 Å². The van der Waals surface area contributed by atoms with Crippen molar-refractivity contribution in [2.45, 2.75) is 219 Å². The molecule has 0 aliphatic rings. The molecule has 0 amide bonds. The zero-order valence-electron chi connectivity index (χ0n) is 28.6. The zero-order valence-corrected chi connectivity index (χ0v) is 31.6. The van der Waals surface area contributed by atoms with E-state index in [9.17, 15) is 30.0 Å². The molecule has 0 spiro atoms. The Labute approximate surface area is 279 Å². The monoisotopic (exact) mass is 662 g/mol. The van der Waals surface area contributed by atoms with Crippen molar-refractivity contribution in [2.24, 2.45) is 0 Å². The first-order chi connectivity index (χ1) is 20.3. The Kier molecular flexibility index (Phi) is 43.1. The van der Waals surface area contributed by atoms with Gasteiger partial charge in [0.25, 0.3) is 0 Å². The molecule has 2 atom stereocenters. The van der Waals surface area contributed by atoms with E-state index < -0.39 is 24.1 Å². The number of hydrogen-bond acceptors (Lipinski definition) is 6. The molecule has 0 aromatic carbocycles. The Morgan fingerprint density at radius 3 is 0.837 bits per heavy atom. The average molecular weight is 664 g/mol. The summed E-state index contributed by atoms with van der Waals surface area (Å²) in [5.74, 6) is -2.13. The number of rotatable bonds is 32. The van der Waals surface area contributed by atoms with Gasteiger partial charge in [-0.3, -0.25) is 0 Å². The van der Waals surface area contributed by atoms with Gasteiger partial charge in [-0.15, -0.1) is 0 Å². The fourth-order valence-electron chi connectivity index (χ4n) is 5.30. The van der Waals surface area contributed by atoms with E-state index in [4.69, 9.17) is 0 Å². The van der Waals surface area contributed by atoms with Gasteiger partial charge in [-0.1, -0.05) is 168 Å². The molecule has 0 aliphatic carbocycles. The van der Waals surface area contributed by atoms with Gasteiger partial charge >= 0.3 is 19.5 Å². The van der Waals surface area contributed by atoms with Crippen molar-refractivity contribution in [1.82, 2.24) is 0 Å². The molecule has 43 heavy (non-hydrogen) atoms. The minimum atomic E-state index is -1.07. The molecule has 2 N–H and O–H groups in total. The number of aliphatic hydroxyl groups excluding tert-OH is 2. The van der Waals surface area contributed by atoms with Crippen molar-refractivity contribution < 1.29 is 49.5 Å².